The number of aromatic nitrogens is 3. The van der Waals surface area contributed by atoms with Gasteiger partial charge in [0.15, 0.2) is 0 Å². The highest BCUT2D eigenvalue weighted by Gasteiger charge is 2.25. The maximum atomic E-state index is 13.2. The van der Waals surface area contributed by atoms with Crippen LogP contribution in [-0.4, -0.2) is 57.2 Å². The summed E-state index contributed by atoms with van der Waals surface area (Å²) in [4.78, 5) is 19.1. The van der Waals surface area contributed by atoms with E-state index in [1.807, 2.05) is 36.4 Å². The van der Waals surface area contributed by atoms with E-state index in [2.05, 4.69) is 22.8 Å². The number of hydrogen-bond donors (Lipinski definition) is 0. The molecule has 2 aliphatic rings. The first-order chi connectivity index (χ1) is 16.0. The van der Waals surface area contributed by atoms with E-state index in [0.29, 0.717) is 16.8 Å². The Labute approximate surface area is 208 Å². The van der Waals surface area contributed by atoms with Gasteiger partial charge in [0.2, 0.25) is 0 Å². The second-order valence-electron chi connectivity index (χ2n) is 8.66. The van der Waals surface area contributed by atoms with E-state index in [4.69, 9.17) is 28.3 Å². The van der Waals surface area contributed by atoms with Gasteiger partial charge in [-0.25, -0.2) is 14.0 Å². The average Bonchev–Trinajstić information content (AvgIpc) is 3.01. The molecule has 5 rings (SSSR count). The minimum absolute atomic E-state index is 0.0750. The van der Waals surface area contributed by atoms with E-state index in [1.54, 1.807) is 21.0 Å². The first-order valence-corrected chi connectivity index (χ1v) is 13.0. The molecule has 0 bridgehead atoms. The van der Waals surface area contributed by atoms with Crippen molar-refractivity contribution in [2.24, 2.45) is 0 Å². The number of hydrogen-bond acceptors (Lipinski definition) is 5. The van der Waals surface area contributed by atoms with Crippen molar-refractivity contribution in [3.63, 3.8) is 0 Å². The molecule has 0 saturated carbocycles. The molecule has 1 atom stereocenters. The lowest BCUT2D eigenvalue weighted by atomic mass is 10.2. The van der Waals surface area contributed by atoms with Crippen LogP contribution in [0, 0.1) is 0 Å². The van der Waals surface area contributed by atoms with Crippen molar-refractivity contribution in [2.75, 3.05) is 37.6 Å². The normalized spacial score (nSPS) is 18.6. The fourth-order valence-corrected chi connectivity index (χ4v) is 6.03. The first-order valence-electron chi connectivity index (χ1n) is 11.4. The zero-order valence-corrected chi connectivity index (χ0v) is 20.9. The molecule has 1 fully saturated rings. The van der Waals surface area contributed by atoms with Crippen LogP contribution in [0.4, 0.5) is 5.69 Å². The first kappa shape index (κ1) is 22.8. The van der Waals surface area contributed by atoms with Gasteiger partial charge in [-0.3, -0.25) is 4.90 Å². The van der Waals surface area contributed by atoms with Crippen LogP contribution >= 0.6 is 35.0 Å². The molecule has 0 amide bonds. The van der Waals surface area contributed by atoms with E-state index in [-0.39, 0.29) is 5.69 Å². The molecule has 2 aliphatic heterocycles. The molecule has 2 aromatic carbocycles. The van der Waals surface area contributed by atoms with Crippen LogP contribution in [0.2, 0.25) is 10.0 Å². The second kappa shape index (κ2) is 9.74. The number of halogens is 2. The third-order valence-corrected chi connectivity index (χ3v) is 7.89. The van der Waals surface area contributed by atoms with Gasteiger partial charge in [0.05, 0.1) is 5.69 Å². The summed E-state index contributed by atoms with van der Waals surface area (Å²) in [6.07, 6.45) is 1.64. The maximum Gasteiger partial charge on any atom is 0.350 e. The molecule has 0 spiro atoms. The maximum absolute atomic E-state index is 13.2. The predicted molar refractivity (Wildman–Crippen MR) is 137 cm³/mol. The van der Waals surface area contributed by atoms with Gasteiger partial charge in [0, 0.05) is 71.6 Å². The van der Waals surface area contributed by atoms with Crippen molar-refractivity contribution in [3.8, 4) is 5.69 Å². The molecule has 0 N–H and O–H groups in total. The van der Waals surface area contributed by atoms with Gasteiger partial charge in [0.1, 0.15) is 5.82 Å². The molecule has 9 heteroatoms. The number of aryl methyl sites for hydroxylation is 1. The highest BCUT2D eigenvalue weighted by molar-refractivity contribution is 8.00. The average molecular weight is 504 g/mol. The van der Waals surface area contributed by atoms with Gasteiger partial charge in [-0.15, -0.1) is 11.8 Å². The van der Waals surface area contributed by atoms with Gasteiger partial charge in [0.25, 0.3) is 0 Å². The predicted octanol–water partition coefficient (Wildman–Crippen LogP) is 4.59. The number of anilines is 1. The number of piperazine rings is 1. The number of rotatable bonds is 5. The summed E-state index contributed by atoms with van der Waals surface area (Å²) in [6, 6.07) is 13.8. The third kappa shape index (κ3) is 4.97. The Morgan fingerprint density at radius 3 is 2.61 bits per heavy atom. The molecule has 1 aromatic heterocycles. The van der Waals surface area contributed by atoms with Crippen LogP contribution < -0.4 is 10.6 Å². The summed E-state index contributed by atoms with van der Waals surface area (Å²) in [7, 11) is 0. The van der Waals surface area contributed by atoms with Gasteiger partial charge in [-0.2, -0.15) is 5.10 Å². The van der Waals surface area contributed by atoms with Crippen LogP contribution in [0.25, 0.3) is 5.69 Å². The largest absolute Gasteiger partial charge is 0.369 e. The van der Waals surface area contributed by atoms with Crippen molar-refractivity contribution in [2.45, 2.75) is 36.5 Å². The third-order valence-electron chi connectivity index (χ3n) is 6.26. The zero-order chi connectivity index (χ0) is 22.9. The standard InChI is InChI=1S/C24H27Cl2N5OS/c1-17-14-23-27-30(24(32)31(23)21-16-19(26)6-7-22(21)33-17)9-3-8-28-10-12-29(13-11-28)20-5-2-4-18(25)15-20/h2,4-7,15-17H,3,8-14H2,1H3. The number of nitrogens with zero attached hydrogens (tertiary/aromatic N) is 5. The van der Waals surface area contributed by atoms with E-state index >= 15 is 0 Å². The summed E-state index contributed by atoms with van der Waals surface area (Å²) in [6.45, 7) is 7.70. The number of thioether (sulfide) groups is 1. The minimum Gasteiger partial charge on any atom is -0.369 e. The Morgan fingerprint density at radius 1 is 1.03 bits per heavy atom. The Kier molecular flexibility index (Phi) is 6.74. The lowest BCUT2D eigenvalue weighted by molar-refractivity contribution is 0.248. The zero-order valence-electron chi connectivity index (χ0n) is 18.6. The topological polar surface area (TPSA) is 46.3 Å². The SMILES string of the molecule is CC1Cc2nn(CCCN3CCN(c4cccc(Cl)c4)CC3)c(=O)n2-c2cc(Cl)ccc2S1. The summed E-state index contributed by atoms with van der Waals surface area (Å²) in [5.74, 6) is 0.816. The second-order valence-corrected chi connectivity index (χ2v) is 11.0. The number of benzene rings is 2. The van der Waals surface area contributed by atoms with Gasteiger partial charge < -0.3 is 4.90 Å². The lowest BCUT2D eigenvalue weighted by Crippen LogP contribution is -2.46. The van der Waals surface area contributed by atoms with Crippen LogP contribution in [-0.2, 0) is 13.0 Å². The van der Waals surface area contributed by atoms with Crippen molar-refractivity contribution in [1.29, 1.82) is 0 Å². The quantitative estimate of drug-likeness (QED) is 0.509. The van der Waals surface area contributed by atoms with Gasteiger partial charge >= 0.3 is 5.69 Å². The fraction of sp³-hybridized carbons (Fsp3) is 0.417. The Balaban J connectivity index is 1.22. The van der Waals surface area contributed by atoms with Crippen molar-refractivity contribution in [3.05, 3.63) is 68.8 Å². The monoisotopic (exact) mass is 503 g/mol. The van der Waals surface area contributed by atoms with Crippen LogP contribution in [0.1, 0.15) is 19.2 Å². The summed E-state index contributed by atoms with van der Waals surface area (Å²) in [5.41, 5.74) is 1.95. The van der Waals surface area contributed by atoms with Crippen molar-refractivity contribution >= 4 is 40.7 Å². The van der Waals surface area contributed by atoms with Crippen molar-refractivity contribution in [1.82, 2.24) is 19.2 Å². The summed E-state index contributed by atoms with van der Waals surface area (Å²) >= 11 is 14.2. The summed E-state index contributed by atoms with van der Waals surface area (Å²) in [5, 5.41) is 6.45. The highest BCUT2D eigenvalue weighted by atomic mass is 35.5. The van der Waals surface area contributed by atoms with Gasteiger partial charge in [-0.05, 0) is 42.8 Å². The van der Waals surface area contributed by atoms with Crippen LogP contribution in [0.15, 0.2) is 52.2 Å². The Bertz CT molecular complexity index is 1200. The van der Waals surface area contributed by atoms with Crippen LogP contribution in [0.3, 0.4) is 0 Å². The Hall–Kier alpha value is -1.93. The highest BCUT2D eigenvalue weighted by Crippen LogP contribution is 2.35. The molecule has 1 saturated heterocycles. The number of fused-ring (bicyclic) bond motifs is 3. The molecule has 0 aliphatic carbocycles. The molecule has 174 valence electrons. The van der Waals surface area contributed by atoms with E-state index < -0.39 is 0 Å². The fourth-order valence-electron chi connectivity index (χ4n) is 4.60. The summed E-state index contributed by atoms with van der Waals surface area (Å²) < 4.78 is 3.38. The molecule has 3 heterocycles. The molecule has 0 radical (unpaired) electrons. The molecule has 3 aromatic rings. The van der Waals surface area contributed by atoms with Crippen molar-refractivity contribution < 1.29 is 0 Å². The van der Waals surface area contributed by atoms with E-state index in [1.165, 1.54) is 5.69 Å². The lowest BCUT2D eigenvalue weighted by Gasteiger charge is -2.36. The van der Waals surface area contributed by atoms with Gasteiger partial charge in [-0.1, -0.05) is 36.2 Å². The molecule has 33 heavy (non-hydrogen) atoms. The smallest absolute Gasteiger partial charge is 0.350 e. The van der Waals surface area contributed by atoms with E-state index in [0.717, 1.165) is 67.0 Å². The molecular weight excluding hydrogens is 477 g/mol. The minimum atomic E-state index is -0.0750. The molecule has 6 nitrogen and oxygen atoms in total. The van der Waals surface area contributed by atoms with Crippen LogP contribution in [0.5, 0.6) is 0 Å². The van der Waals surface area contributed by atoms with E-state index in [9.17, 15) is 4.79 Å². The molecule has 1 unspecified atom stereocenters. The Morgan fingerprint density at radius 2 is 1.82 bits per heavy atom. The molecular formula is C24H27Cl2N5OS.